The Kier molecular flexibility index (Phi) is 5.31. The molecule has 1 atom stereocenters. The molecule has 1 aliphatic heterocycles. The van der Waals surface area contributed by atoms with E-state index < -0.39 is 5.54 Å². The molecule has 1 saturated carbocycles. The molecule has 2 rings (SSSR count). The van der Waals surface area contributed by atoms with Gasteiger partial charge in [0.2, 0.25) is 0 Å². The molecular formula is C17H32N2O2. The molecule has 0 amide bonds. The van der Waals surface area contributed by atoms with Gasteiger partial charge in [0.15, 0.2) is 0 Å². The highest BCUT2D eigenvalue weighted by molar-refractivity contribution is 5.82. The molecule has 1 N–H and O–H groups in total. The summed E-state index contributed by atoms with van der Waals surface area (Å²) in [4.78, 5) is 15.0. The molecule has 4 heteroatoms. The normalized spacial score (nSPS) is 25.9. The van der Waals surface area contributed by atoms with Crippen LogP contribution in [0, 0.1) is 11.3 Å². The fraction of sp³-hybridized carbons (Fsp3) is 0.941. The minimum atomic E-state index is -0.496. The molecule has 0 bridgehead atoms. The number of nitrogens with zero attached hydrogens (tertiary/aromatic N) is 1. The van der Waals surface area contributed by atoms with E-state index in [2.05, 4.69) is 24.1 Å². The van der Waals surface area contributed by atoms with Crippen molar-refractivity contribution in [1.82, 2.24) is 10.2 Å². The zero-order valence-electron chi connectivity index (χ0n) is 14.2. The number of likely N-dealkylation sites (N-methyl/N-ethyl adjacent to an activating group) is 1. The summed E-state index contributed by atoms with van der Waals surface area (Å²) in [5.41, 5.74) is -0.0644. The lowest BCUT2D eigenvalue weighted by molar-refractivity contribution is -0.153. The van der Waals surface area contributed by atoms with Gasteiger partial charge in [-0.1, -0.05) is 13.8 Å². The van der Waals surface area contributed by atoms with E-state index in [1.165, 1.54) is 19.3 Å². The van der Waals surface area contributed by atoms with Crippen molar-refractivity contribution in [2.75, 3.05) is 33.3 Å². The summed E-state index contributed by atoms with van der Waals surface area (Å²) in [5.74, 6) is 0.385. The quantitative estimate of drug-likeness (QED) is 0.764. The smallest absolute Gasteiger partial charge is 0.327 e. The number of ether oxygens (including phenoxy) is 1. The Balaban J connectivity index is 2.06. The van der Waals surface area contributed by atoms with Crippen molar-refractivity contribution in [2.45, 2.75) is 58.4 Å². The van der Waals surface area contributed by atoms with Crippen molar-refractivity contribution < 1.29 is 9.53 Å². The Labute approximate surface area is 129 Å². The highest BCUT2D eigenvalue weighted by Crippen LogP contribution is 2.41. The van der Waals surface area contributed by atoms with Crippen LogP contribution in [0.4, 0.5) is 0 Å². The van der Waals surface area contributed by atoms with Crippen LogP contribution in [0.5, 0.6) is 0 Å². The predicted octanol–water partition coefficient (Wildman–Crippen LogP) is 2.43. The van der Waals surface area contributed by atoms with Crippen molar-refractivity contribution >= 4 is 5.97 Å². The van der Waals surface area contributed by atoms with Crippen LogP contribution in [-0.2, 0) is 9.53 Å². The van der Waals surface area contributed by atoms with E-state index in [0.29, 0.717) is 17.9 Å². The van der Waals surface area contributed by atoms with Gasteiger partial charge >= 0.3 is 5.97 Å². The minimum absolute atomic E-state index is 0.0569. The van der Waals surface area contributed by atoms with Gasteiger partial charge in [-0.2, -0.15) is 0 Å². The first-order valence-electron chi connectivity index (χ1n) is 8.52. The second-order valence-electron chi connectivity index (χ2n) is 7.51. The molecule has 122 valence electrons. The van der Waals surface area contributed by atoms with Crippen LogP contribution in [0.3, 0.4) is 0 Å². The lowest BCUT2D eigenvalue weighted by Crippen LogP contribution is -2.60. The first kappa shape index (κ1) is 16.8. The lowest BCUT2D eigenvalue weighted by Gasteiger charge is -2.36. The highest BCUT2D eigenvalue weighted by Gasteiger charge is 2.52. The van der Waals surface area contributed by atoms with Crippen LogP contribution in [0.25, 0.3) is 0 Å². The van der Waals surface area contributed by atoms with Crippen LogP contribution in [0.2, 0.25) is 0 Å². The van der Waals surface area contributed by atoms with Gasteiger partial charge in [0.25, 0.3) is 0 Å². The van der Waals surface area contributed by atoms with Crippen molar-refractivity contribution in [2.24, 2.45) is 11.3 Å². The summed E-state index contributed by atoms with van der Waals surface area (Å²) in [5, 5.41) is 3.33. The van der Waals surface area contributed by atoms with Crippen molar-refractivity contribution in [3.63, 3.8) is 0 Å². The van der Waals surface area contributed by atoms with Crippen LogP contribution in [-0.4, -0.2) is 49.7 Å². The van der Waals surface area contributed by atoms with Gasteiger partial charge < -0.3 is 15.0 Å². The summed E-state index contributed by atoms with van der Waals surface area (Å²) in [6.45, 7) is 10.0. The Morgan fingerprint density at radius 3 is 2.62 bits per heavy atom. The van der Waals surface area contributed by atoms with Crippen LogP contribution in [0.1, 0.15) is 52.9 Å². The lowest BCUT2D eigenvalue weighted by atomic mass is 9.85. The van der Waals surface area contributed by atoms with E-state index in [1.807, 2.05) is 14.0 Å². The molecule has 1 aliphatic carbocycles. The summed E-state index contributed by atoms with van der Waals surface area (Å²) in [6.07, 6.45) is 5.98. The summed E-state index contributed by atoms with van der Waals surface area (Å²) in [6, 6.07) is 0. The maximum absolute atomic E-state index is 12.6. The molecular weight excluding hydrogens is 264 g/mol. The van der Waals surface area contributed by atoms with Gasteiger partial charge in [0.05, 0.1) is 6.61 Å². The Hall–Kier alpha value is -0.610. The first-order chi connectivity index (χ1) is 9.93. The summed E-state index contributed by atoms with van der Waals surface area (Å²) >= 11 is 0. The molecule has 0 radical (unpaired) electrons. The average Bonchev–Trinajstić information content (AvgIpc) is 3.26. The molecule has 0 aromatic carbocycles. The van der Waals surface area contributed by atoms with E-state index in [-0.39, 0.29) is 5.97 Å². The molecule has 4 nitrogen and oxygen atoms in total. The molecule has 2 aliphatic rings. The SMILES string of the molecule is CCOC(=O)C(CN1CCCC(C)(C)CC1)(NC)C1CC1. The molecule has 1 unspecified atom stereocenters. The molecule has 2 fully saturated rings. The second-order valence-corrected chi connectivity index (χ2v) is 7.51. The largest absolute Gasteiger partial charge is 0.465 e. The van der Waals surface area contributed by atoms with E-state index in [1.54, 1.807) is 0 Å². The van der Waals surface area contributed by atoms with Gasteiger partial charge in [-0.3, -0.25) is 0 Å². The van der Waals surface area contributed by atoms with Crippen molar-refractivity contribution in [1.29, 1.82) is 0 Å². The van der Waals surface area contributed by atoms with E-state index in [0.717, 1.165) is 32.5 Å². The van der Waals surface area contributed by atoms with Gasteiger partial charge in [0, 0.05) is 6.54 Å². The highest BCUT2D eigenvalue weighted by atomic mass is 16.5. The topological polar surface area (TPSA) is 41.6 Å². The van der Waals surface area contributed by atoms with Gasteiger partial charge in [0.1, 0.15) is 5.54 Å². The fourth-order valence-electron chi connectivity index (χ4n) is 3.57. The number of hydrogen-bond acceptors (Lipinski definition) is 4. The second kappa shape index (κ2) is 6.66. The third-order valence-corrected chi connectivity index (χ3v) is 5.27. The number of hydrogen-bond donors (Lipinski definition) is 1. The van der Waals surface area contributed by atoms with Gasteiger partial charge in [-0.25, -0.2) is 4.79 Å². The van der Waals surface area contributed by atoms with E-state index >= 15 is 0 Å². The van der Waals surface area contributed by atoms with E-state index in [4.69, 9.17) is 4.74 Å². The zero-order chi connectivity index (χ0) is 15.5. The van der Waals surface area contributed by atoms with Crippen molar-refractivity contribution in [3.8, 4) is 0 Å². The number of nitrogens with one attached hydrogen (secondary N) is 1. The number of carbonyl (C=O) groups is 1. The number of carbonyl (C=O) groups excluding carboxylic acids is 1. The van der Waals surface area contributed by atoms with Crippen LogP contribution >= 0.6 is 0 Å². The summed E-state index contributed by atoms with van der Waals surface area (Å²) in [7, 11) is 1.91. The number of esters is 1. The van der Waals surface area contributed by atoms with E-state index in [9.17, 15) is 4.79 Å². The molecule has 1 heterocycles. The van der Waals surface area contributed by atoms with Crippen LogP contribution < -0.4 is 5.32 Å². The average molecular weight is 296 g/mol. The molecule has 0 aromatic heterocycles. The molecule has 21 heavy (non-hydrogen) atoms. The molecule has 0 spiro atoms. The van der Waals surface area contributed by atoms with Crippen LogP contribution in [0.15, 0.2) is 0 Å². The number of likely N-dealkylation sites (tertiary alicyclic amines) is 1. The third kappa shape index (κ3) is 3.98. The molecule has 0 aromatic rings. The Morgan fingerprint density at radius 2 is 2.05 bits per heavy atom. The Morgan fingerprint density at radius 1 is 1.33 bits per heavy atom. The predicted molar refractivity (Wildman–Crippen MR) is 85.2 cm³/mol. The zero-order valence-corrected chi connectivity index (χ0v) is 14.2. The molecule has 1 saturated heterocycles. The van der Waals surface area contributed by atoms with Crippen molar-refractivity contribution in [3.05, 3.63) is 0 Å². The summed E-state index contributed by atoms with van der Waals surface area (Å²) < 4.78 is 5.39. The first-order valence-corrected chi connectivity index (χ1v) is 8.52. The Bertz CT molecular complexity index is 366. The fourth-order valence-corrected chi connectivity index (χ4v) is 3.57. The standard InChI is InChI=1S/C17H32N2O2/c1-5-21-15(20)17(18-4,14-7-8-14)13-19-11-6-9-16(2,3)10-12-19/h14,18H,5-13H2,1-4H3. The third-order valence-electron chi connectivity index (χ3n) is 5.27. The number of rotatable bonds is 6. The van der Waals surface area contributed by atoms with Gasteiger partial charge in [-0.15, -0.1) is 0 Å². The maximum atomic E-state index is 12.6. The van der Waals surface area contributed by atoms with Gasteiger partial charge in [-0.05, 0) is 70.5 Å². The minimum Gasteiger partial charge on any atom is -0.465 e. The maximum Gasteiger partial charge on any atom is 0.327 e. The monoisotopic (exact) mass is 296 g/mol.